The van der Waals surface area contributed by atoms with Gasteiger partial charge >= 0.3 is 5.97 Å². The summed E-state index contributed by atoms with van der Waals surface area (Å²) in [6.07, 6.45) is 2.72. The fourth-order valence-electron chi connectivity index (χ4n) is 2.90. The number of aromatic carboxylic acids is 1. The maximum absolute atomic E-state index is 14.8. The third-order valence-corrected chi connectivity index (χ3v) is 5.03. The van der Waals surface area contributed by atoms with Crippen molar-refractivity contribution >= 4 is 39.1 Å². The van der Waals surface area contributed by atoms with E-state index < -0.39 is 11.8 Å². The second kappa shape index (κ2) is 6.75. The van der Waals surface area contributed by atoms with Gasteiger partial charge < -0.3 is 5.11 Å². The number of rotatable bonds is 3. The summed E-state index contributed by atoms with van der Waals surface area (Å²) in [6, 6.07) is 11.7. The molecule has 0 radical (unpaired) electrons. The van der Waals surface area contributed by atoms with Crippen LogP contribution in [0.2, 0.25) is 5.02 Å². The predicted molar refractivity (Wildman–Crippen MR) is 103 cm³/mol. The summed E-state index contributed by atoms with van der Waals surface area (Å²) in [4.78, 5) is 15.7. The quantitative estimate of drug-likeness (QED) is 0.463. The normalized spacial score (nSPS) is 11.1. The van der Waals surface area contributed by atoms with Crippen LogP contribution in [0.5, 0.6) is 0 Å². The van der Waals surface area contributed by atoms with Crippen molar-refractivity contribution in [2.45, 2.75) is 0 Å². The minimum Gasteiger partial charge on any atom is -0.477 e. The molecule has 0 amide bonds. The minimum atomic E-state index is -1.16. The largest absolute Gasteiger partial charge is 0.477 e. The fraction of sp³-hybridized carbons (Fsp3) is 0. The Bertz CT molecular complexity index is 1210. The van der Waals surface area contributed by atoms with Gasteiger partial charge in [0.05, 0.1) is 11.9 Å². The van der Waals surface area contributed by atoms with Crippen molar-refractivity contribution in [1.82, 2.24) is 14.6 Å². The van der Waals surface area contributed by atoms with E-state index in [0.717, 1.165) is 10.0 Å². The van der Waals surface area contributed by atoms with Crippen LogP contribution in [0.15, 0.2) is 59.3 Å². The van der Waals surface area contributed by atoms with E-state index in [1.54, 1.807) is 6.07 Å². The summed E-state index contributed by atoms with van der Waals surface area (Å²) >= 11 is 9.39. The molecule has 0 aliphatic heterocycles. The highest BCUT2D eigenvalue weighted by molar-refractivity contribution is 9.10. The molecule has 0 saturated carbocycles. The minimum absolute atomic E-state index is 0.0655. The molecule has 0 saturated heterocycles. The van der Waals surface area contributed by atoms with Gasteiger partial charge in [-0.15, -0.1) is 0 Å². The summed E-state index contributed by atoms with van der Waals surface area (Å²) in [5, 5.41) is 13.8. The molecule has 0 fully saturated rings. The van der Waals surface area contributed by atoms with Crippen LogP contribution < -0.4 is 0 Å². The van der Waals surface area contributed by atoms with Gasteiger partial charge in [0, 0.05) is 26.8 Å². The number of fused-ring (bicyclic) bond motifs is 1. The van der Waals surface area contributed by atoms with Crippen molar-refractivity contribution in [2.24, 2.45) is 0 Å². The molecule has 2 aromatic carbocycles. The number of halogens is 3. The average Bonchev–Trinajstić information content (AvgIpc) is 3.06. The SMILES string of the molecule is O=C(O)c1cnn2c(-c3ccc(Cl)cc3F)c(-c3ccccc3Br)cnc12. The van der Waals surface area contributed by atoms with Gasteiger partial charge in [-0.05, 0) is 29.8 Å². The molecular weight excluding hydrogens is 437 g/mol. The summed E-state index contributed by atoms with van der Waals surface area (Å²) in [5.41, 5.74) is 2.04. The van der Waals surface area contributed by atoms with E-state index in [0.29, 0.717) is 11.3 Å². The van der Waals surface area contributed by atoms with Crippen LogP contribution in [0.4, 0.5) is 4.39 Å². The van der Waals surface area contributed by atoms with Crippen molar-refractivity contribution in [3.8, 4) is 22.4 Å². The van der Waals surface area contributed by atoms with E-state index >= 15 is 0 Å². The van der Waals surface area contributed by atoms with Crippen molar-refractivity contribution in [3.63, 3.8) is 0 Å². The number of hydrogen-bond acceptors (Lipinski definition) is 3. The molecule has 0 spiro atoms. The van der Waals surface area contributed by atoms with Crippen molar-refractivity contribution in [2.75, 3.05) is 0 Å². The molecule has 0 bridgehead atoms. The van der Waals surface area contributed by atoms with Crippen LogP contribution >= 0.6 is 27.5 Å². The Balaban J connectivity index is 2.13. The lowest BCUT2D eigenvalue weighted by atomic mass is 10.0. The molecule has 2 aromatic heterocycles. The molecule has 0 aliphatic rings. The molecule has 4 aromatic rings. The molecule has 1 N–H and O–H groups in total. The van der Waals surface area contributed by atoms with Gasteiger partial charge in [0.2, 0.25) is 0 Å². The van der Waals surface area contributed by atoms with Crippen molar-refractivity contribution in [1.29, 1.82) is 0 Å². The third-order valence-electron chi connectivity index (χ3n) is 4.11. The Morgan fingerprint density at radius 3 is 2.59 bits per heavy atom. The number of carboxylic acid groups (broad SMARTS) is 1. The molecule has 5 nitrogen and oxygen atoms in total. The first-order valence-electron chi connectivity index (χ1n) is 7.77. The highest BCUT2D eigenvalue weighted by atomic mass is 79.9. The topological polar surface area (TPSA) is 67.5 Å². The van der Waals surface area contributed by atoms with E-state index in [2.05, 4.69) is 26.0 Å². The summed E-state index contributed by atoms with van der Waals surface area (Å²) in [7, 11) is 0. The van der Waals surface area contributed by atoms with Crippen LogP contribution in [0.25, 0.3) is 28.0 Å². The Kier molecular flexibility index (Phi) is 4.41. The zero-order chi connectivity index (χ0) is 19.1. The monoisotopic (exact) mass is 445 g/mol. The van der Waals surface area contributed by atoms with Gasteiger partial charge in [0.25, 0.3) is 0 Å². The van der Waals surface area contributed by atoms with Crippen LogP contribution in [0.3, 0.4) is 0 Å². The van der Waals surface area contributed by atoms with E-state index in [1.165, 1.54) is 29.0 Å². The number of carbonyl (C=O) groups is 1. The summed E-state index contributed by atoms with van der Waals surface area (Å²) in [5.74, 6) is -1.70. The first kappa shape index (κ1) is 17.6. The highest BCUT2D eigenvalue weighted by Crippen LogP contribution is 2.37. The Labute approximate surface area is 166 Å². The van der Waals surface area contributed by atoms with Crippen molar-refractivity contribution < 1.29 is 14.3 Å². The predicted octanol–water partition coefficient (Wildman–Crippen LogP) is 5.32. The zero-order valence-corrected chi connectivity index (χ0v) is 15.9. The Hall–Kier alpha value is -2.77. The number of carboxylic acids is 1. The number of nitrogens with zero attached hydrogens (tertiary/aromatic N) is 3. The van der Waals surface area contributed by atoms with E-state index in [4.69, 9.17) is 11.6 Å². The summed E-state index contributed by atoms with van der Waals surface area (Å²) < 4.78 is 16.9. The van der Waals surface area contributed by atoms with E-state index in [1.807, 2.05) is 24.3 Å². The zero-order valence-electron chi connectivity index (χ0n) is 13.5. The molecule has 8 heteroatoms. The van der Waals surface area contributed by atoms with Gasteiger partial charge in [-0.3, -0.25) is 0 Å². The molecule has 2 heterocycles. The second-order valence-corrected chi connectivity index (χ2v) is 7.01. The number of aromatic nitrogens is 3. The van der Waals surface area contributed by atoms with Gasteiger partial charge in [-0.2, -0.15) is 5.10 Å². The third kappa shape index (κ3) is 2.98. The molecular formula is C19H10BrClFN3O2. The maximum Gasteiger partial charge on any atom is 0.341 e. The smallest absolute Gasteiger partial charge is 0.341 e. The van der Waals surface area contributed by atoms with Crippen molar-refractivity contribution in [3.05, 3.63) is 75.7 Å². The molecule has 134 valence electrons. The lowest BCUT2D eigenvalue weighted by molar-refractivity contribution is 0.0698. The Morgan fingerprint density at radius 1 is 1.11 bits per heavy atom. The van der Waals surface area contributed by atoms with Crippen LogP contribution in [0, 0.1) is 5.82 Å². The van der Waals surface area contributed by atoms with Gasteiger partial charge in [-0.25, -0.2) is 18.7 Å². The van der Waals surface area contributed by atoms with E-state index in [9.17, 15) is 14.3 Å². The Morgan fingerprint density at radius 2 is 1.89 bits per heavy atom. The maximum atomic E-state index is 14.8. The first-order chi connectivity index (χ1) is 13.0. The molecule has 27 heavy (non-hydrogen) atoms. The van der Waals surface area contributed by atoms with E-state index in [-0.39, 0.29) is 21.8 Å². The van der Waals surface area contributed by atoms with Gasteiger partial charge in [0.15, 0.2) is 5.65 Å². The second-order valence-electron chi connectivity index (χ2n) is 5.72. The van der Waals surface area contributed by atoms with Gasteiger partial charge in [0.1, 0.15) is 11.4 Å². The molecule has 0 unspecified atom stereocenters. The number of benzene rings is 2. The fourth-order valence-corrected chi connectivity index (χ4v) is 3.56. The summed E-state index contributed by atoms with van der Waals surface area (Å²) in [6.45, 7) is 0. The lowest BCUT2D eigenvalue weighted by Crippen LogP contribution is -2.03. The highest BCUT2D eigenvalue weighted by Gasteiger charge is 2.22. The molecule has 0 atom stereocenters. The average molecular weight is 447 g/mol. The first-order valence-corrected chi connectivity index (χ1v) is 8.95. The van der Waals surface area contributed by atoms with Gasteiger partial charge in [-0.1, -0.05) is 45.7 Å². The van der Waals surface area contributed by atoms with Crippen LogP contribution in [-0.2, 0) is 0 Å². The van der Waals surface area contributed by atoms with Crippen LogP contribution in [0.1, 0.15) is 10.4 Å². The number of hydrogen-bond donors (Lipinski definition) is 1. The standard InChI is InChI=1S/C19H10BrClFN3O2/c20-15-4-2-1-3-11(15)13-8-23-18-14(19(26)27)9-24-25(18)17(13)12-6-5-10(21)7-16(12)22/h1-9H,(H,26,27). The lowest BCUT2D eigenvalue weighted by Gasteiger charge is -2.14. The molecule has 0 aliphatic carbocycles. The molecule has 4 rings (SSSR count). The van der Waals surface area contributed by atoms with Crippen LogP contribution in [-0.4, -0.2) is 25.7 Å².